The van der Waals surface area contributed by atoms with E-state index in [-0.39, 0.29) is 5.82 Å². The molecule has 0 saturated heterocycles. The Kier molecular flexibility index (Phi) is 2.82. The predicted octanol–water partition coefficient (Wildman–Crippen LogP) is 5.69. The molecule has 1 nitrogen and oxygen atoms in total. The van der Waals surface area contributed by atoms with Gasteiger partial charge in [0.1, 0.15) is 5.82 Å². The largest absolute Gasteiger partial charge is 0.309 e. The van der Waals surface area contributed by atoms with Crippen LogP contribution in [0, 0.1) is 5.82 Å². The summed E-state index contributed by atoms with van der Waals surface area (Å²) in [5.74, 6) is -0.190. The molecule has 0 aliphatic heterocycles. The molecular weight excluding hydrogens is 329 g/mol. The first-order valence-corrected chi connectivity index (χ1v) is 7.48. The first-order valence-electron chi connectivity index (χ1n) is 6.69. The number of rotatable bonds is 1. The third-order valence-corrected chi connectivity index (χ3v) is 4.21. The van der Waals surface area contributed by atoms with E-state index in [0.717, 1.165) is 26.6 Å². The van der Waals surface area contributed by atoms with Crippen molar-refractivity contribution in [2.24, 2.45) is 0 Å². The second kappa shape index (κ2) is 4.71. The minimum Gasteiger partial charge on any atom is -0.309 e. The van der Waals surface area contributed by atoms with Gasteiger partial charge >= 0.3 is 0 Å². The van der Waals surface area contributed by atoms with Gasteiger partial charge in [0.05, 0.1) is 11.0 Å². The maximum Gasteiger partial charge on any atom is 0.133 e. The minimum absolute atomic E-state index is 0.190. The number of fused-ring (bicyclic) bond motifs is 3. The van der Waals surface area contributed by atoms with Crippen LogP contribution in [0.15, 0.2) is 71.2 Å². The Balaban J connectivity index is 2.26. The maximum absolute atomic E-state index is 14.3. The molecule has 0 amide bonds. The Hall–Kier alpha value is -2.13. The predicted molar refractivity (Wildman–Crippen MR) is 88.4 cm³/mol. The maximum atomic E-state index is 14.3. The molecule has 0 bridgehead atoms. The van der Waals surface area contributed by atoms with Crippen LogP contribution in [0.5, 0.6) is 0 Å². The molecule has 0 N–H and O–H groups in total. The van der Waals surface area contributed by atoms with Crippen molar-refractivity contribution in [1.82, 2.24) is 4.57 Å². The van der Waals surface area contributed by atoms with Gasteiger partial charge in [-0.05, 0) is 42.5 Å². The van der Waals surface area contributed by atoms with Gasteiger partial charge in [0, 0.05) is 20.9 Å². The van der Waals surface area contributed by atoms with E-state index >= 15 is 0 Å². The topological polar surface area (TPSA) is 4.93 Å². The Labute approximate surface area is 129 Å². The summed E-state index contributed by atoms with van der Waals surface area (Å²) in [5, 5.41) is 1.58. The van der Waals surface area contributed by atoms with Gasteiger partial charge in [-0.15, -0.1) is 0 Å². The van der Waals surface area contributed by atoms with E-state index in [1.165, 1.54) is 6.07 Å². The molecule has 3 aromatic carbocycles. The highest BCUT2D eigenvalue weighted by Crippen LogP contribution is 2.34. The van der Waals surface area contributed by atoms with Gasteiger partial charge in [0.25, 0.3) is 0 Å². The summed E-state index contributed by atoms with van der Waals surface area (Å²) < 4.78 is 17.4. The second-order valence-electron chi connectivity index (χ2n) is 4.97. The third-order valence-electron chi connectivity index (χ3n) is 3.72. The molecule has 0 aliphatic carbocycles. The van der Waals surface area contributed by atoms with E-state index < -0.39 is 0 Å². The van der Waals surface area contributed by atoms with Crippen molar-refractivity contribution in [3.8, 4) is 5.69 Å². The van der Waals surface area contributed by atoms with Gasteiger partial charge < -0.3 is 4.57 Å². The van der Waals surface area contributed by atoms with Crippen LogP contribution in [0.1, 0.15) is 0 Å². The summed E-state index contributed by atoms with van der Waals surface area (Å²) in [4.78, 5) is 0. The molecule has 0 aliphatic rings. The van der Waals surface area contributed by atoms with Crippen molar-refractivity contribution in [1.29, 1.82) is 0 Å². The molecule has 4 rings (SSSR count). The van der Waals surface area contributed by atoms with Gasteiger partial charge in [-0.2, -0.15) is 0 Å². The molecule has 1 heterocycles. The van der Waals surface area contributed by atoms with Crippen molar-refractivity contribution >= 4 is 37.7 Å². The van der Waals surface area contributed by atoms with Crippen LogP contribution < -0.4 is 0 Å². The monoisotopic (exact) mass is 339 g/mol. The van der Waals surface area contributed by atoms with Crippen LogP contribution in [0.3, 0.4) is 0 Å². The van der Waals surface area contributed by atoms with Crippen molar-refractivity contribution in [2.45, 2.75) is 0 Å². The number of halogens is 2. The van der Waals surface area contributed by atoms with Crippen LogP contribution in [0.25, 0.3) is 27.5 Å². The summed E-state index contributed by atoms with van der Waals surface area (Å²) in [6.45, 7) is 0. The first-order chi connectivity index (χ1) is 10.3. The van der Waals surface area contributed by atoms with E-state index in [9.17, 15) is 4.39 Å². The lowest BCUT2D eigenvalue weighted by molar-refractivity contribution is 0.640. The highest BCUT2D eigenvalue weighted by molar-refractivity contribution is 9.10. The van der Waals surface area contributed by atoms with Crippen molar-refractivity contribution < 1.29 is 4.39 Å². The highest BCUT2D eigenvalue weighted by atomic mass is 79.9. The number of para-hydroxylation sites is 1. The lowest BCUT2D eigenvalue weighted by atomic mass is 10.1. The summed E-state index contributed by atoms with van der Waals surface area (Å²) in [5.41, 5.74) is 2.92. The fraction of sp³-hybridized carbons (Fsp3) is 0. The highest BCUT2D eigenvalue weighted by Gasteiger charge is 2.14. The molecule has 0 spiro atoms. The quantitative estimate of drug-likeness (QED) is 0.420. The molecule has 102 valence electrons. The molecule has 0 saturated carbocycles. The Bertz CT molecular complexity index is 957. The summed E-state index contributed by atoms with van der Waals surface area (Å²) in [6, 6.07) is 21.2. The van der Waals surface area contributed by atoms with E-state index in [0.29, 0.717) is 5.39 Å². The van der Waals surface area contributed by atoms with Crippen LogP contribution in [-0.4, -0.2) is 4.57 Å². The second-order valence-corrected chi connectivity index (χ2v) is 5.88. The zero-order valence-electron chi connectivity index (χ0n) is 11.1. The van der Waals surface area contributed by atoms with Crippen LogP contribution >= 0.6 is 15.9 Å². The Morgan fingerprint density at radius 3 is 2.43 bits per heavy atom. The van der Waals surface area contributed by atoms with Gasteiger partial charge in [-0.25, -0.2) is 4.39 Å². The van der Waals surface area contributed by atoms with Crippen LogP contribution in [0.4, 0.5) is 4.39 Å². The fourth-order valence-electron chi connectivity index (χ4n) is 2.85. The lowest BCUT2D eigenvalue weighted by Crippen LogP contribution is -1.92. The first kappa shape index (κ1) is 12.6. The molecule has 21 heavy (non-hydrogen) atoms. The molecule has 0 radical (unpaired) electrons. The lowest BCUT2D eigenvalue weighted by Gasteiger charge is -2.07. The summed E-state index contributed by atoms with van der Waals surface area (Å²) >= 11 is 3.48. The zero-order chi connectivity index (χ0) is 14.4. The molecule has 1 aromatic heterocycles. The van der Waals surface area contributed by atoms with E-state index in [1.54, 1.807) is 6.07 Å². The van der Waals surface area contributed by atoms with Crippen LogP contribution in [0.2, 0.25) is 0 Å². The summed E-state index contributed by atoms with van der Waals surface area (Å²) in [6.07, 6.45) is 0. The van der Waals surface area contributed by atoms with Gasteiger partial charge in [0.2, 0.25) is 0 Å². The number of nitrogens with zero attached hydrogens (tertiary/aromatic N) is 1. The third kappa shape index (κ3) is 1.88. The standard InChI is InChI=1S/C18H11BrFN/c19-12-9-10-16-14(11-12)18-15(20)7-4-8-17(18)21(16)13-5-2-1-3-6-13/h1-11H. The SMILES string of the molecule is Fc1cccc2c1c1cc(Br)ccc1n2-c1ccccc1. The average molecular weight is 340 g/mol. The smallest absolute Gasteiger partial charge is 0.133 e. The van der Waals surface area contributed by atoms with E-state index in [2.05, 4.69) is 20.5 Å². The van der Waals surface area contributed by atoms with E-state index in [1.807, 2.05) is 54.6 Å². The summed E-state index contributed by atoms with van der Waals surface area (Å²) in [7, 11) is 0. The zero-order valence-corrected chi connectivity index (χ0v) is 12.6. The van der Waals surface area contributed by atoms with Crippen molar-refractivity contribution in [2.75, 3.05) is 0 Å². The number of aromatic nitrogens is 1. The van der Waals surface area contributed by atoms with E-state index in [4.69, 9.17) is 0 Å². The normalized spacial score (nSPS) is 11.3. The fourth-order valence-corrected chi connectivity index (χ4v) is 3.22. The Morgan fingerprint density at radius 1 is 0.810 bits per heavy atom. The average Bonchev–Trinajstić information content (AvgIpc) is 2.83. The van der Waals surface area contributed by atoms with Gasteiger partial charge in [0.15, 0.2) is 0 Å². The molecule has 0 atom stereocenters. The number of hydrogen-bond acceptors (Lipinski definition) is 0. The molecular formula is C18H11BrFN. The number of hydrogen-bond donors (Lipinski definition) is 0. The van der Waals surface area contributed by atoms with Crippen molar-refractivity contribution in [3.05, 3.63) is 77.0 Å². The van der Waals surface area contributed by atoms with Crippen molar-refractivity contribution in [3.63, 3.8) is 0 Å². The van der Waals surface area contributed by atoms with Gasteiger partial charge in [-0.3, -0.25) is 0 Å². The minimum atomic E-state index is -0.190. The molecule has 3 heteroatoms. The molecule has 0 fully saturated rings. The Morgan fingerprint density at radius 2 is 1.62 bits per heavy atom. The molecule has 0 unspecified atom stereocenters. The van der Waals surface area contributed by atoms with Crippen LogP contribution in [-0.2, 0) is 0 Å². The number of benzene rings is 3. The molecule has 4 aromatic rings. The van der Waals surface area contributed by atoms with Gasteiger partial charge in [-0.1, -0.05) is 40.2 Å².